The summed E-state index contributed by atoms with van der Waals surface area (Å²) in [5.41, 5.74) is 1.32. The third-order valence-electron chi connectivity index (χ3n) is 5.34. The lowest BCUT2D eigenvalue weighted by Gasteiger charge is -2.17. The molecule has 10 heteroatoms. The van der Waals surface area contributed by atoms with Crippen LogP contribution in [-0.4, -0.2) is 25.8 Å². The van der Waals surface area contributed by atoms with E-state index in [2.05, 4.69) is 15.3 Å². The van der Waals surface area contributed by atoms with Crippen molar-refractivity contribution in [3.05, 3.63) is 121 Å². The van der Waals surface area contributed by atoms with Gasteiger partial charge in [-0.05, 0) is 30.7 Å². The molecule has 3 aromatic carbocycles. The van der Waals surface area contributed by atoms with Gasteiger partial charge >= 0.3 is 0 Å². The van der Waals surface area contributed by atoms with Crippen molar-refractivity contribution in [2.24, 2.45) is 0 Å². The van der Waals surface area contributed by atoms with Crippen molar-refractivity contribution < 1.29 is 19.9 Å². The molecule has 0 atom stereocenters. The summed E-state index contributed by atoms with van der Waals surface area (Å²) in [5, 5.41) is 36.2. The molecule has 176 valence electrons. The summed E-state index contributed by atoms with van der Waals surface area (Å²) in [6.07, 6.45) is -0.511. The van der Waals surface area contributed by atoms with Crippen molar-refractivity contribution in [1.82, 2.24) is 9.97 Å². The number of aryl methyl sites for hydroxylation is 1. The summed E-state index contributed by atoms with van der Waals surface area (Å²) in [6.45, 7) is 1.65. The van der Waals surface area contributed by atoms with Crippen molar-refractivity contribution >= 4 is 28.2 Å². The number of aromatic amines is 1. The first-order valence-electron chi connectivity index (χ1n) is 10.5. The molecule has 35 heavy (non-hydrogen) atoms. The second-order valence-electron chi connectivity index (χ2n) is 7.77. The molecule has 0 radical (unpaired) electrons. The fraction of sp³-hybridized carbons (Fsp3) is 0.0800. The molecule has 1 aromatic heterocycles. The second-order valence-corrected chi connectivity index (χ2v) is 7.77. The highest BCUT2D eigenvalue weighted by molar-refractivity contribution is 6.10. The van der Waals surface area contributed by atoms with Crippen molar-refractivity contribution in [3.8, 4) is 0 Å². The number of nitrogens with one attached hydrogen (secondary N) is 2. The van der Waals surface area contributed by atoms with Crippen LogP contribution in [0.15, 0.2) is 83.2 Å². The number of nitrogens with zero attached hydrogens (tertiary/aromatic N) is 2. The van der Waals surface area contributed by atoms with E-state index in [0.717, 1.165) is 0 Å². The first-order valence-corrected chi connectivity index (χ1v) is 10.5. The van der Waals surface area contributed by atoms with Gasteiger partial charge in [0.1, 0.15) is 5.69 Å². The maximum Gasteiger partial charge on any atom is 0.271 e. The number of fused-ring (bicyclic) bond motifs is 1. The number of anilines is 1. The molecule has 0 amide bonds. The molecule has 0 aliphatic rings. The van der Waals surface area contributed by atoms with Gasteiger partial charge < -0.3 is 20.5 Å². The van der Waals surface area contributed by atoms with E-state index in [0.29, 0.717) is 27.7 Å². The van der Waals surface area contributed by atoms with Crippen LogP contribution < -0.4 is 16.0 Å². The molecule has 0 fully saturated rings. The second kappa shape index (κ2) is 9.48. The molecule has 4 rings (SSSR count). The third-order valence-corrected chi connectivity index (χ3v) is 5.34. The van der Waals surface area contributed by atoms with Gasteiger partial charge in [0.25, 0.3) is 11.2 Å². The minimum Gasteiger partial charge on any atom is -0.872 e. The Hall–Kier alpha value is -4.99. The van der Waals surface area contributed by atoms with Crippen LogP contribution in [0.5, 0.6) is 0 Å². The van der Waals surface area contributed by atoms with Gasteiger partial charge in [0.15, 0.2) is 11.7 Å². The van der Waals surface area contributed by atoms with Crippen LogP contribution in [0.25, 0.3) is 11.0 Å². The van der Waals surface area contributed by atoms with Crippen molar-refractivity contribution in [2.75, 3.05) is 5.32 Å². The molecule has 0 spiro atoms. The van der Waals surface area contributed by atoms with E-state index in [9.17, 15) is 29.9 Å². The van der Waals surface area contributed by atoms with Gasteiger partial charge in [0, 0.05) is 29.7 Å². The molecular weight excluding hydrogens is 452 g/mol. The summed E-state index contributed by atoms with van der Waals surface area (Å²) < 4.78 is 0. The zero-order valence-corrected chi connectivity index (χ0v) is 18.4. The first-order chi connectivity index (χ1) is 16.7. The Labute approximate surface area is 198 Å². The lowest BCUT2D eigenvalue weighted by molar-refractivity contribution is -0.384. The largest absolute Gasteiger partial charge is 0.872 e. The zero-order valence-electron chi connectivity index (χ0n) is 18.4. The van der Waals surface area contributed by atoms with Gasteiger partial charge in [-0.2, -0.15) is 0 Å². The normalized spacial score (nSPS) is 11.7. The van der Waals surface area contributed by atoms with E-state index in [1.165, 1.54) is 24.3 Å². The predicted octanol–water partition coefficient (Wildman–Crippen LogP) is 3.11. The van der Waals surface area contributed by atoms with E-state index in [1.807, 2.05) is 0 Å². The highest BCUT2D eigenvalue weighted by Gasteiger charge is 2.13. The number of ketones is 1. The molecule has 4 aromatic rings. The van der Waals surface area contributed by atoms with E-state index in [1.54, 1.807) is 49.4 Å². The number of hydrogen-bond acceptors (Lipinski definition) is 8. The van der Waals surface area contributed by atoms with Gasteiger partial charge in [0.2, 0.25) is 0 Å². The summed E-state index contributed by atoms with van der Waals surface area (Å²) in [6, 6.07) is 17.3. The minimum absolute atomic E-state index is 0.131. The van der Waals surface area contributed by atoms with Crippen LogP contribution in [0.3, 0.4) is 0 Å². The molecule has 0 unspecified atom stereocenters. The molecule has 0 saturated carbocycles. The van der Waals surface area contributed by atoms with Gasteiger partial charge in [-0.15, -0.1) is 0 Å². The Morgan fingerprint density at radius 1 is 1.09 bits per heavy atom. The lowest BCUT2D eigenvalue weighted by atomic mass is 10.0. The molecule has 0 aliphatic carbocycles. The summed E-state index contributed by atoms with van der Waals surface area (Å²) in [7, 11) is 0. The smallest absolute Gasteiger partial charge is 0.271 e. The topological polar surface area (TPSA) is 161 Å². The number of hydrogen-bond donors (Lipinski definition) is 3. The number of benzene rings is 3. The molecule has 0 saturated heterocycles. The van der Waals surface area contributed by atoms with Crippen LogP contribution in [0.1, 0.15) is 27.2 Å². The maximum absolute atomic E-state index is 12.7. The summed E-state index contributed by atoms with van der Waals surface area (Å²) in [4.78, 5) is 42.4. The quantitative estimate of drug-likeness (QED) is 0.160. The van der Waals surface area contributed by atoms with E-state index in [4.69, 9.17) is 0 Å². The van der Waals surface area contributed by atoms with E-state index in [-0.39, 0.29) is 22.9 Å². The fourth-order valence-corrected chi connectivity index (χ4v) is 3.43. The van der Waals surface area contributed by atoms with Crippen LogP contribution in [-0.2, 0) is 6.42 Å². The zero-order chi connectivity index (χ0) is 25.1. The van der Waals surface area contributed by atoms with E-state index < -0.39 is 28.5 Å². The first kappa shape index (κ1) is 23.2. The number of carbonyl (C=O) groups is 1. The number of nitro benzene ring substituents is 1. The molecule has 10 nitrogen and oxygen atoms in total. The summed E-state index contributed by atoms with van der Waals surface area (Å²) in [5.74, 6) is -1.82. The Kier molecular flexibility index (Phi) is 6.27. The number of aliphatic hydroxyl groups is 1. The molecule has 0 bridgehead atoms. The summed E-state index contributed by atoms with van der Waals surface area (Å²) >= 11 is 0. The molecule has 1 heterocycles. The Morgan fingerprint density at radius 3 is 2.54 bits per heavy atom. The average molecular weight is 471 g/mol. The molecule has 0 aliphatic heterocycles. The van der Waals surface area contributed by atoms with Gasteiger partial charge in [0.05, 0.1) is 21.6 Å². The van der Waals surface area contributed by atoms with Crippen molar-refractivity contribution in [3.63, 3.8) is 0 Å². The Bertz CT molecular complexity index is 1540. The molecule has 3 N–H and O–H groups in total. The number of H-pyrrole nitrogens is 1. The van der Waals surface area contributed by atoms with Crippen LogP contribution in [0.2, 0.25) is 0 Å². The van der Waals surface area contributed by atoms with Gasteiger partial charge in [-0.25, -0.2) is 4.98 Å². The monoisotopic (exact) mass is 471 g/mol. The maximum atomic E-state index is 12.7. The number of allylic oxidation sites excluding steroid dienone is 1. The number of aliphatic hydroxyl groups excluding tert-OH is 1. The average Bonchev–Trinajstić information content (AvgIpc) is 2.85. The molecular formula is C25H19N4O6-. The van der Waals surface area contributed by atoms with Gasteiger partial charge in [-0.3, -0.25) is 19.7 Å². The standard InChI is InChI=1S/C25H20N4O6/c1-14-7-9-17(29(34)35)12-19(14)27-25(33)22(30)13-21-24(32)28-20-11-16(8-10-18(20)26-21)23(31)15-5-3-2-4-6-15/h2-12,27,30,33H,13H2,1H3,(H,28,32)/p-1. The van der Waals surface area contributed by atoms with E-state index >= 15 is 0 Å². The number of carbonyl (C=O) groups excluding carboxylic acids is 1. The Balaban J connectivity index is 1.59. The highest BCUT2D eigenvalue weighted by Crippen LogP contribution is 2.23. The highest BCUT2D eigenvalue weighted by atomic mass is 16.6. The fourth-order valence-electron chi connectivity index (χ4n) is 3.43. The van der Waals surface area contributed by atoms with Crippen LogP contribution in [0.4, 0.5) is 11.4 Å². The number of nitro groups is 1. The third kappa shape index (κ3) is 5.01. The number of aromatic nitrogens is 2. The Morgan fingerprint density at radius 2 is 1.83 bits per heavy atom. The van der Waals surface area contributed by atoms with Gasteiger partial charge in [-0.1, -0.05) is 42.2 Å². The number of non-ortho nitro benzene ring substituents is 1. The van der Waals surface area contributed by atoms with Crippen LogP contribution >= 0.6 is 0 Å². The minimum atomic E-state index is -0.830. The lowest BCUT2D eigenvalue weighted by Crippen LogP contribution is -2.22. The van der Waals surface area contributed by atoms with Crippen molar-refractivity contribution in [2.45, 2.75) is 13.3 Å². The van der Waals surface area contributed by atoms with Crippen molar-refractivity contribution in [1.29, 1.82) is 0 Å². The number of rotatable bonds is 7. The predicted molar refractivity (Wildman–Crippen MR) is 127 cm³/mol. The van der Waals surface area contributed by atoms with Crippen LogP contribution in [0, 0.1) is 17.0 Å². The SMILES string of the molecule is Cc1ccc([N+](=O)[O-])cc1NC(O)=C([O-])Cc1nc2ccc(C(=O)c3ccccc3)cc2[nH]c1=O.